The molecule has 0 aromatic heterocycles. The molecule has 212 valence electrons. The van der Waals surface area contributed by atoms with E-state index in [9.17, 15) is 23.4 Å². The van der Waals surface area contributed by atoms with Gasteiger partial charge in [0.15, 0.2) is 0 Å². The smallest absolute Gasteiger partial charge is 0.341 e. The van der Waals surface area contributed by atoms with E-state index in [2.05, 4.69) is 11.0 Å². The first-order valence-corrected chi connectivity index (χ1v) is 15.7. The second-order valence-corrected chi connectivity index (χ2v) is 13.9. The summed E-state index contributed by atoms with van der Waals surface area (Å²) in [6, 6.07) is 10.9. The summed E-state index contributed by atoms with van der Waals surface area (Å²) in [5.74, 6) is -1.93. The molecule has 3 aliphatic rings. The molecule has 2 N–H and O–H groups in total. The van der Waals surface area contributed by atoms with Crippen LogP contribution in [0.25, 0.3) is 0 Å². The molecule has 0 saturated carbocycles. The highest BCUT2D eigenvalue weighted by Gasteiger charge is 2.46. The van der Waals surface area contributed by atoms with Gasteiger partial charge in [0.1, 0.15) is 11.5 Å². The van der Waals surface area contributed by atoms with Crippen LogP contribution in [0.5, 0.6) is 5.75 Å². The summed E-state index contributed by atoms with van der Waals surface area (Å²) in [7, 11) is -2.60. The number of aliphatic carboxylic acids is 1. The monoisotopic (exact) mass is 576 g/mol. The van der Waals surface area contributed by atoms with Crippen molar-refractivity contribution in [3.05, 3.63) is 58.1 Å². The topological polar surface area (TPSA) is 107 Å². The number of carboxylic acids is 1. The van der Waals surface area contributed by atoms with Crippen molar-refractivity contribution in [2.75, 3.05) is 43.9 Å². The summed E-state index contributed by atoms with van der Waals surface area (Å²) in [5.41, 5.74) is 0.309. The largest absolute Gasteiger partial charge is 0.490 e. The highest BCUT2D eigenvalue weighted by Crippen LogP contribution is 2.45. The van der Waals surface area contributed by atoms with Gasteiger partial charge in [-0.2, -0.15) is 0 Å². The van der Waals surface area contributed by atoms with E-state index in [1.807, 2.05) is 12.1 Å². The number of hydrogen-bond acceptors (Lipinski definition) is 6. The minimum absolute atomic E-state index is 0.0287. The number of fused-ring (bicyclic) bond motifs is 3. The second-order valence-electron chi connectivity index (χ2n) is 11.3. The number of carboxylic acid groups (broad SMARTS) is 1. The lowest BCUT2D eigenvalue weighted by molar-refractivity contribution is -0.157. The van der Waals surface area contributed by atoms with Gasteiger partial charge in [0.2, 0.25) is 15.6 Å². The lowest BCUT2D eigenvalue weighted by atomic mass is 9.70. The Bertz CT molecular complexity index is 1350. The maximum absolute atomic E-state index is 13.1. The van der Waals surface area contributed by atoms with Crippen LogP contribution < -0.4 is 9.64 Å². The Morgan fingerprint density at radius 1 is 1.03 bits per heavy atom. The van der Waals surface area contributed by atoms with Gasteiger partial charge in [0, 0.05) is 37.1 Å². The fourth-order valence-corrected chi connectivity index (χ4v) is 8.00. The molecule has 2 aromatic carbocycles. The van der Waals surface area contributed by atoms with Crippen molar-refractivity contribution in [3.8, 4) is 5.75 Å². The van der Waals surface area contributed by atoms with Crippen LogP contribution >= 0.6 is 11.6 Å². The van der Waals surface area contributed by atoms with Gasteiger partial charge in [-0.15, -0.1) is 0 Å². The molecule has 8 nitrogen and oxygen atoms in total. The van der Waals surface area contributed by atoms with Crippen molar-refractivity contribution in [2.24, 2.45) is 0 Å². The normalized spacial score (nSPS) is 27.9. The lowest BCUT2D eigenvalue weighted by Crippen LogP contribution is -2.46. The van der Waals surface area contributed by atoms with Crippen LogP contribution in [-0.4, -0.2) is 67.9 Å². The van der Waals surface area contributed by atoms with E-state index in [-0.39, 0.29) is 17.5 Å². The van der Waals surface area contributed by atoms with Crippen molar-refractivity contribution in [3.63, 3.8) is 0 Å². The molecule has 0 unspecified atom stereocenters. The molecule has 0 amide bonds. The summed E-state index contributed by atoms with van der Waals surface area (Å²) in [6.45, 7) is 2.17. The summed E-state index contributed by atoms with van der Waals surface area (Å²) < 4.78 is 33.8. The Hall–Kier alpha value is -2.33. The number of aryl methyl sites for hydroxylation is 1. The Balaban J connectivity index is 1.60. The average molecular weight is 577 g/mol. The molecular weight excluding hydrogens is 540 g/mol. The number of aliphatic hydroxyl groups is 1. The zero-order valence-corrected chi connectivity index (χ0v) is 23.9. The Morgan fingerprint density at radius 2 is 1.77 bits per heavy atom. The minimum Gasteiger partial charge on any atom is -0.490 e. The fourth-order valence-electron chi connectivity index (χ4n) is 6.36. The number of halogens is 1. The third-order valence-electron chi connectivity index (χ3n) is 8.64. The summed E-state index contributed by atoms with van der Waals surface area (Å²) in [6.07, 6.45) is 7.40. The molecule has 5 rings (SSSR count). The van der Waals surface area contributed by atoms with Gasteiger partial charge in [0.25, 0.3) is 0 Å². The number of nitrogens with zero attached hydrogens (tertiary/aromatic N) is 2. The number of anilines is 1. The summed E-state index contributed by atoms with van der Waals surface area (Å²) in [5, 5.41) is 22.2. The number of rotatable bonds is 1. The zero-order chi connectivity index (χ0) is 27.8. The maximum atomic E-state index is 13.1. The van der Waals surface area contributed by atoms with E-state index in [0.717, 1.165) is 60.8 Å². The number of ether oxygens (including phenoxy) is 1. The van der Waals surface area contributed by atoms with Gasteiger partial charge in [-0.05, 0) is 73.1 Å². The maximum Gasteiger partial charge on any atom is 0.341 e. The van der Waals surface area contributed by atoms with Crippen LogP contribution in [0.2, 0.25) is 5.02 Å². The van der Waals surface area contributed by atoms with Crippen molar-refractivity contribution in [1.29, 1.82) is 0 Å². The first-order valence-electron chi connectivity index (χ1n) is 13.8. The average Bonchev–Trinajstić information content (AvgIpc) is 3.04. The highest BCUT2D eigenvalue weighted by atomic mass is 35.5. The molecule has 1 aliphatic carbocycles. The van der Waals surface area contributed by atoms with Gasteiger partial charge >= 0.3 is 5.97 Å². The second kappa shape index (κ2) is 10.9. The van der Waals surface area contributed by atoms with Crippen LogP contribution in [0, 0.1) is 0 Å². The summed E-state index contributed by atoms with van der Waals surface area (Å²) in [4.78, 5) is 14.7. The number of benzene rings is 2. The van der Waals surface area contributed by atoms with Crippen molar-refractivity contribution in [2.45, 2.75) is 62.4 Å². The molecule has 2 aromatic rings. The molecule has 0 fully saturated rings. The number of carbonyl (C=O) groups is 1. The van der Waals surface area contributed by atoms with Gasteiger partial charge in [-0.25, -0.2) is 17.5 Å². The molecular formula is C29H37ClN2O6S. The number of sulfonamides is 1. The predicted octanol–water partition coefficient (Wildman–Crippen LogP) is 4.31. The molecule has 2 atom stereocenters. The Morgan fingerprint density at radius 3 is 2.54 bits per heavy atom. The van der Waals surface area contributed by atoms with E-state index >= 15 is 0 Å². The van der Waals surface area contributed by atoms with Crippen LogP contribution in [0.1, 0.15) is 61.6 Å². The van der Waals surface area contributed by atoms with E-state index in [4.69, 9.17) is 16.3 Å². The van der Waals surface area contributed by atoms with E-state index in [0.29, 0.717) is 31.0 Å². The van der Waals surface area contributed by atoms with Gasteiger partial charge in [-0.3, -0.25) is 0 Å². The quantitative estimate of drug-likeness (QED) is 0.521. The third kappa shape index (κ3) is 5.51. The molecule has 1 spiro atoms. The molecule has 10 heteroatoms. The first-order chi connectivity index (χ1) is 18.5. The van der Waals surface area contributed by atoms with Crippen LogP contribution in [0.4, 0.5) is 5.69 Å². The fraction of sp³-hybridized carbons (Fsp3) is 0.552. The summed E-state index contributed by atoms with van der Waals surface area (Å²) >= 11 is 6.33. The third-order valence-corrected chi connectivity index (χ3v) is 10.8. The molecule has 0 radical (unpaired) electrons. The zero-order valence-electron chi connectivity index (χ0n) is 22.4. The predicted molar refractivity (Wildman–Crippen MR) is 151 cm³/mol. The molecule has 2 bridgehead atoms. The van der Waals surface area contributed by atoms with Gasteiger partial charge in [0.05, 0.1) is 12.3 Å². The van der Waals surface area contributed by atoms with Crippen LogP contribution in [-0.2, 0) is 32.3 Å². The van der Waals surface area contributed by atoms with Crippen LogP contribution in [0.15, 0.2) is 36.4 Å². The van der Waals surface area contributed by atoms with Gasteiger partial charge < -0.3 is 19.8 Å². The molecule has 2 aliphatic heterocycles. The van der Waals surface area contributed by atoms with Gasteiger partial charge in [-0.1, -0.05) is 43.0 Å². The Kier molecular flexibility index (Phi) is 7.90. The van der Waals surface area contributed by atoms with E-state index in [1.54, 1.807) is 12.1 Å². The van der Waals surface area contributed by atoms with Crippen molar-refractivity contribution in [1.82, 2.24) is 4.31 Å². The lowest BCUT2D eigenvalue weighted by Gasteiger charge is -2.41. The van der Waals surface area contributed by atoms with Crippen molar-refractivity contribution < 1.29 is 28.2 Å². The molecule has 2 heterocycles. The SMILES string of the molecule is CN1CCCCCCCN2C[C@@]3(CCCc4cc(Cl)ccc43)COc3ccc(cc32)[C@](O)(C(=O)O)CS1(=O)=O. The Labute approximate surface area is 235 Å². The van der Waals surface area contributed by atoms with E-state index < -0.39 is 27.3 Å². The van der Waals surface area contributed by atoms with Crippen LogP contribution in [0.3, 0.4) is 0 Å². The highest BCUT2D eigenvalue weighted by molar-refractivity contribution is 7.89. The number of hydrogen-bond donors (Lipinski definition) is 2. The molecule has 39 heavy (non-hydrogen) atoms. The van der Waals surface area contributed by atoms with E-state index in [1.165, 1.54) is 24.2 Å². The first kappa shape index (κ1) is 28.2. The molecule has 0 saturated heterocycles. The minimum atomic E-state index is -4.04. The standard InChI is InChI=1S/C29H37ClN2O6S/c1-31-14-5-3-2-4-6-15-32-18-28(13-7-8-21-16-23(30)10-11-24(21)28)19-38-26-12-9-22(17-25(26)32)29(35,27(33)34)20-39(31,36)37/h9-12,16-17,35H,2-8,13-15,18-20H2,1H3,(H,33,34)/t28-,29-/m0/s1. The van der Waals surface area contributed by atoms with Crippen molar-refractivity contribution >= 4 is 33.3 Å².